The standard InChI is InChI=1S/C22H22N4O3S2/c23-19(28)18-14-6-2-4-8-16(14)31-20(18)25-17(27)11-30-22-24-15-7-3-1-5-13(15)21(29)26(22)12-9-10-12/h1,3,5,7,12H,2,4,6,8-11H2,(H2,23,28)(H,25,27). The van der Waals surface area contributed by atoms with E-state index in [9.17, 15) is 14.4 Å². The first-order valence-electron chi connectivity index (χ1n) is 10.4. The zero-order chi connectivity index (χ0) is 21.5. The second kappa shape index (κ2) is 8.12. The van der Waals surface area contributed by atoms with Crippen LogP contribution in [0.25, 0.3) is 10.9 Å². The van der Waals surface area contributed by atoms with Crippen LogP contribution in [0.2, 0.25) is 0 Å². The molecule has 31 heavy (non-hydrogen) atoms. The van der Waals surface area contributed by atoms with Gasteiger partial charge in [0, 0.05) is 10.9 Å². The van der Waals surface area contributed by atoms with Gasteiger partial charge in [0.1, 0.15) is 5.00 Å². The Hall–Kier alpha value is -2.65. The van der Waals surface area contributed by atoms with Crippen molar-refractivity contribution in [1.29, 1.82) is 0 Å². The molecule has 0 bridgehead atoms. The Kier molecular flexibility index (Phi) is 5.31. The predicted molar refractivity (Wildman–Crippen MR) is 123 cm³/mol. The average Bonchev–Trinajstić information content (AvgIpc) is 3.52. The van der Waals surface area contributed by atoms with Crippen LogP contribution in [0.4, 0.5) is 5.00 Å². The number of thiophene rings is 1. The Labute approximate surface area is 187 Å². The number of thioether (sulfide) groups is 1. The number of carbonyl (C=O) groups excluding carboxylic acids is 2. The van der Waals surface area contributed by atoms with E-state index in [1.807, 2.05) is 18.2 Å². The van der Waals surface area contributed by atoms with Gasteiger partial charge in [-0.05, 0) is 56.2 Å². The Morgan fingerprint density at radius 1 is 1.23 bits per heavy atom. The number of carbonyl (C=O) groups is 2. The molecular weight excluding hydrogens is 432 g/mol. The summed E-state index contributed by atoms with van der Waals surface area (Å²) in [6.45, 7) is 0. The van der Waals surface area contributed by atoms with E-state index in [0.29, 0.717) is 26.6 Å². The number of nitrogens with one attached hydrogen (secondary N) is 1. The number of hydrogen-bond donors (Lipinski definition) is 2. The lowest BCUT2D eigenvalue weighted by atomic mass is 9.95. The summed E-state index contributed by atoms with van der Waals surface area (Å²) >= 11 is 2.70. The van der Waals surface area contributed by atoms with Gasteiger partial charge >= 0.3 is 0 Å². The number of hydrogen-bond acceptors (Lipinski definition) is 6. The minimum Gasteiger partial charge on any atom is -0.365 e. The lowest BCUT2D eigenvalue weighted by Crippen LogP contribution is -2.23. The van der Waals surface area contributed by atoms with E-state index >= 15 is 0 Å². The monoisotopic (exact) mass is 454 g/mol. The van der Waals surface area contributed by atoms with Gasteiger partial charge in [0.2, 0.25) is 5.91 Å². The van der Waals surface area contributed by atoms with Gasteiger partial charge in [0.05, 0.1) is 22.2 Å². The van der Waals surface area contributed by atoms with Crippen LogP contribution in [0, 0.1) is 0 Å². The fourth-order valence-electron chi connectivity index (χ4n) is 4.09. The SMILES string of the molecule is NC(=O)c1c(NC(=O)CSc2nc3ccccc3c(=O)n2C2CC2)sc2c1CCCC2. The zero-order valence-electron chi connectivity index (χ0n) is 16.8. The zero-order valence-corrected chi connectivity index (χ0v) is 18.5. The highest BCUT2D eigenvalue weighted by Gasteiger charge is 2.29. The molecule has 2 aliphatic carbocycles. The molecule has 2 aromatic heterocycles. The molecule has 0 atom stereocenters. The van der Waals surface area contributed by atoms with Crippen molar-refractivity contribution < 1.29 is 9.59 Å². The number of fused-ring (bicyclic) bond motifs is 2. The number of primary amides is 1. The van der Waals surface area contributed by atoms with E-state index in [0.717, 1.165) is 49.0 Å². The van der Waals surface area contributed by atoms with E-state index in [-0.39, 0.29) is 23.3 Å². The summed E-state index contributed by atoms with van der Waals surface area (Å²) in [6.07, 6.45) is 5.74. The molecule has 0 unspecified atom stereocenters. The number of anilines is 1. The van der Waals surface area contributed by atoms with Crippen molar-refractivity contribution in [2.75, 3.05) is 11.1 Å². The number of nitrogens with two attached hydrogens (primary N) is 1. The Morgan fingerprint density at radius 3 is 2.77 bits per heavy atom. The fraction of sp³-hybridized carbons (Fsp3) is 0.364. The van der Waals surface area contributed by atoms with E-state index in [2.05, 4.69) is 10.3 Å². The van der Waals surface area contributed by atoms with Crippen molar-refractivity contribution in [1.82, 2.24) is 9.55 Å². The minimum absolute atomic E-state index is 0.0574. The molecule has 3 N–H and O–H groups in total. The van der Waals surface area contributed by atoms with Gasteiger partial charge in [-0.2, -0.15) is 0 Å². The molecule has 3 aromatic rings. The van der Waals surface area contributed by atoms with Crippen molar-refractivity contribution >= 4 is 50.8 Å². The third-order valence-electron chi connectivity index (χ3n) is 5.69. The van der Waals surface area contributed by atoms with Gasteiger partial charge in [0.15, 0.2) is 5.16 Å². The van der Waals surface area contributed by atoms with Gasteiger partial charge < -0.3 is 11.1 Å². The normalized spacial score (nSPS) is 15.6. The van der Waals surface area contributed by atoms with Gasteiger partial charge in [-0.25, -0.2) is 4.98 Å². The van der Waals surface area contributed by atoms with Crippen LogP contribution < -0.4 is 16.6 Å². The number of aryl methyl sites for hydroxylation is 1. The number of aromatic nitrogens is 2. The molecule has 0 saturated heterocycles. The largest absolute Gasteiger partial charge is 0.365 e. The molecule has 2 heterocycles. The van der Waals surface area contributed by atoms with Crippen molar-refractivity contribution in [3.63, 3.8) is 0 Å². The Bertz CT molecular complexity index is 1260. The smallest absolute Gasteiger partial charge is 0.262 e. The first-order chi connectivity index (χ1) is 15.0. The lowest BCUT2D eigenvalue weighted by molar-refractivity contribution is -0.113. The van der Waals surface area contributed by atoms with Crippen LogP contribution in [-0.4, -0.2) is 27.1 Å². The third-order valence-corrected chi connectivity index (χ3v) is 7.85. The highest BCUT2D eigenvalue weighted by atomic mass is 32.2. The van der Waals surface area contributed by atoms with Crippen LogP contribution in [0.15, 0.2) is 34.2 Å². The molecule has 0 spiro atoms. The molecule has 1 aromatic carbocycles. The molecule has 2 amide bonds. The number of para-hydroxylation sites is 1. The van der Waals surface area contributed by atoms with Crippen LogP contribution in [0.5, 0.6) is 0 Å². The average molecular weight is 455 g/mol. The summed E-state index contributed by atoms with van der Waals surface area (Å²) in [7, 11) is 0. The molecule has 7 nitrogen and oxygen atoms in total. The topological polar surface area (TPSA) is 107 Å². The summed E-state index contributed by atoms with van der Waals surface area (Å²) in [5.41, 5.74) is 7.64. The summed E-state index contributed by atoms with van der Waals surface area (Å²) in [6, 6.07) is 7.43. The maximum absolute atomic E-state index is 13.0. The van der Waals surface area contributed by atoms with Gasteiger partial charge in [0.25, 0.3) is 11.5 Å². The molecular formula is C22H22N4O3S2. The van der Waals surface area contributed by atoms with Crippen molar-refractivity contribution in [2.45, 2.75) is 49.7 Å². The molecule has 0 aliphatic heterocycles. The first-order valence-corrected chi connectivity index (χ1v) is 12.2. The summed E-state index contributed by atoms with van der Waals surface area (Å²) in [5, 5.41) is 4.57. The Morgan fingerprint density at radius 2 is 2.00 bits per heavy atom. The predicted octanol–water partition coefficient (Wildman–Crippen LogP) is 3.50. The van der Waals surface area contributed by atoms with Crippen molar-refractivity contribution in [2.24, 2.45) is 5.73 Å². The summed E-state index contributed by atoms with van der Waals surface area (Å²) in [5.74, 6) is -0.643. The number of benzene rings is 1. The van der Waals surface area contributed by atoms with E-state index in [4.69, 9.17) is 5.73 Å². The van der Waals surface area contributed by atoms with E-state index < -0.39 is 5.91 Å². The number of rotatable bonds is 6. The summed E-state index contributed by atoms with van der Waals surface area (Å²) in [4.78, 5) is 43.5. The highest BCUT2D eigenvalue weighted by molar-refractivity contribution is 7.99. The number of amides is 2. The van der Waals surface area contributed by atoms with Gasteiger partial charge in [-0.1, -0.05) is 23.9 Å². The van der Waals surface area contributed by atoms with Crippen molar-refractivity contribution in [3.05, 3.63) is 50.6 Å². The summed E-state index contributed by atoms with van der Waals surface area (Å²) < 4.78 is 1.72. The highest BCUT2D eigenvalue weighted by Crippen LogP contribution is 2.39. The second-order valence-corrected chi connectivity index (χ2v) is 9.98. The van der Waals surface area contributed by atoms with Crippen LogP contribution in [0.1, 0.15) is 52.5 Å². The molecule has 0 radical (unpaired) electrons. The van der Waals surface area contributed by atoms with Crippen molar-refractivity contribution in [3.8, 4) is 0 Å². The molecule has 2 aliphatic rings. The Balaban J connectivity index is 1.38. The van der Waals surface area contributed by atoms with Crippen LogP contribution in [-0.2, 0) is 17.6 Å². The quantitative estimate of drug-likeness (QED) is 0.438. The molecule has 160 valence electrons. The maximum atomic E-state index is 13.0. The minimum atomic E-state index is -0.499. The first kappa shape index (κ1) is 20.3. The van der Waals surface area contributed by atoms with E-state index in [1.165, 1.54) is 23.1 Å². The van der Waals surface area contributed by atoms with Gasteiger partial charge in [-0.15, -0.1) is 11.3 Å². The fourth-order valence-corrected chi connectivity index (χ4v) is 6.27. The van der Waals surface area contributed by atoms with Crippen LogP contribution >= 0.6 is 23.1 Å². The third kappa shape index (κ3) is 3.87. The van der Waals surface area contributed by atoms with Gasteiger partial charge in [-0.3, -0.25) is 19.0 Å². The molecule has 1 fully saturated rings. The lowest BCUT2D eigenvalue weighted by Gasteiger charge is -2.12. The molecule has 5 rings (SSSR count). The van der Waals surface area contributed by atoms with E-state index in [1.54, 1.807) is 10.6 Å². The molecule has 1 saturated carbocycles. The maximum Gasteiger partial charge on any atom is 0.262 e. The number of nitrogens with zero attached hydrogens (tertiary/aromatic N) is 2. The molecule has 9 heteroatoms. The second-order valence-electron chi connectivity index (χ2n) is 7.93. The van der Waals surface area contributed by atoms with Crippen LogP contribution in [0.3, 0.4) is 0 Å².